The van der Waals surface area contributed by atoms with Gasteiger partial charge in [0.2, 0.25) is 6.43 Å². The number of carbonyl (C=O) groups is 1. The molecule has 0 aliphatic carbocycles. The zero-order chi connectivity index (χ0) is 9.02. The van der Waals surface area contributed by atoms with Crippen LogP contribution in [0.5, 0.6) is 0 Å². The molecule has 1 atom stereocenters. The molecule has 0 aromatic heterocycles. The minimum absolute atomic E-state index is 0.260. The molecule has 0 aliphatic rings. The number of ketones is 1. The van der Waals surface area contributed by atoms with Gasteiger partial charge < -0.3 is 5.73 Å². The van der Waals surface area contributed by atoms with Gasteiger partial charge in [-0.15, -0.1) is 0 Å². The molecule has 0 rings (SSSR count). The Kier molecular flexibility index (Phi) is 4.18. The lowest BCUT2D eigenvalue weighted by atomic mass is 10.0. The fourth-order valence-corrected chi connectivity index (χ4v) is 0.736. The number of nitrogens with two attached hydrogens (primary N) is 1. The summed E-state index contributed by atoms with van der Waals surface area (Å²) in [6.45, 7) is 3.29. The van der Waals surface area contributed by atoms with Crippen molar-refractivity contribution in [2.45, 2.75) is 32.7 Å². The molecule has 66 valence electrons. The van der Waals surface area contributed by atoms with Gasteiger partial charge in [0, 0.05) is 12.3 Å². The summed E-state index contributed by atoms with van der Waals surface area (Å²) in [5.74, 6) is -0.561. The molecule has 0 unspecified atom stereocenters. The van der Waals surface area contributed by atoms with Crippen LogP contribution in [-0.4, -0.2) is 18.3 Å². The summed E-state index contributed by atoms with van der Waals surface area (Å²) in [6, 6.07) is -1.00. The van der Waals surface area contributed by atoms with Gasteiger partial charge in [0.1, 0.15) is 0 Å². The summed E-state index contributed by atoms with van der Waals surface area (Å²) in [5, 5.41) is 0. The highest BCUT2D eigenvalue weighted by Crippen LogP contribution is 2.06. The second kappa shape index (κ2) is 4.38. The van der Waals surface area contributed by atoms with Gasteiger partial charge in [-0.05, 0) is 0 Å². The summed E-state index contributed by atoms with van der Waals surface area (Å²) in [7, 11) is 0. The molecule has 0 amide bonds. The molecule has 4 heteroatoms. The Hall–Kier alpha value is -0.510. The van der Waals surface area contributed by atoms with Crippen LogP contribution in [0.2, 0.25) is 0 Å². The minimum atomic E-state index is -2.49. The van der Waals surface area contributed by atoms with Gasteiger partial charge in [-0.2, -0.15) is 0 Å². The van der Waals surface area contributed by atoms with Crippen molar-refractivity contribution in [2.24, 2.45) is 11.7 Å². The highest BCUT2D eigenvalue weighted by Gasteiger charge is 2.20. The van der Waals surface area contributed by atoms with E-state index in [1.54, 1.807) is 13.8 Å². The quantitative estimate of drug-likeness (QED) is 0.680. The van der Waals surface area contributed by atoms with Crippen LogP contribution in [0.3, 0.4) is 0 Å². The molecular formula is C7H13F2NO. The normalized spacial score (nSPS) is 14.1. The van der Waals surface area contributed by atoms with Gasteiger partial charge in [0.15, 0.2) is 5.78 Å². The smallest absolute Gasteiger partial charge is 0.240 e. The van der Waals surface area contributed by atoms with Crippen LogP contribution >= 0.6 is 0 Å². The molecule has 0 heterocycles. The van der Waals surface area contributed by atoms with Crippen molar-refractivity contribution in [1.29, 1.82) is 0 Å². The van der Waals surface area contributed by atoms with Crippen molar-refractivity contribution in [2.75, 3.05) is 0 Å². The topological polar surface area (TPSA) is 43.1 Å². The van der Waals surface area contributed by atoms with Crippen LogP contribution in [0.4, 0.5) is 8.78 Å². The van der Waals surface area contributed by atoms with E-state index in [0.717, 1.165) is 0 Å². The second-order valence-corrected chi connectivity index (χ2v) is 2.79. The Labute approximate surface area is 64.8 Å². The zero-order valence-corrected chi connectivity index (χ0v) is 6.68. The molecule has 0 fully saturated rings. The SMILES string of the molecule is CC(C)C(=O)[C@@H](N)CC(F)F. The van der Waals surface area contributed by atoms with Crippen LogP contribution in [0.15, 0.2) is 0 Å². The molecule has 0 aromatic carbocycles. The second-order valence-electron chi connectivity index (χ2n) is 2.79. The third-order valence-corrected chi connectivity index (χ3v) is 1.37. The van der Waals surface area contributed by atoms with Crippen LogP contribution in [0, 0.1) is 5.92 Å². The predicted octanol–water partition coefficient (Wildman–Crippen LogP) is 1.19. The van der Waals surface area contributed by atoms with Crippen LogP contribution in [0.25, 0.3) is 0 Å². The first-order valence-corrected chi connectivity index (χ1v) is 3.52. The van der Waals surface area contributed by atoms with Crippen molar-refractivity contribution in [3.8, 4) is 0 Å². The van der Waals surface area contributed by atoms with E-state index in [9.17, 15) is 13.6 Å². The number of carbonyl (C=O) groups excluding carboxylic acids is 1. The Morgan fingerprint density at radius 1 is 1.45 bits per heavy atom. The van der Waals surface area contributed by atoms with Gasteiger partial charge >= 0.3 is 0 Å². The maximum Gasteiger partial charge on any atom is 0.240 e. The molecule has 0 aromatic rings. The van der Waals surface area contributed by atoms with Crippen LogP contribution in [0.1, 0.15) is 20.3 Å². The molecule has 11 heavy (non-hydrogen) atoms. The van der Waals surface area contributed by atoms with E-state index in [2.05, 4.69) is 0 Å². The third kappa shape index (κ3) is 4.03. The maximum absolute atomic E-state index is 11.7. The average molecular weight is 165 g/mol. The number of hydrogen-bond donors (Lipinski definition) is 1. The van der Waals surface area contributed by atoms with E-state index in [1.165, 1.54) is 0 Å². The summed E-state index contributed by atoms with van der Waals surface area (Å²) < 4.78 is 23.4. The molecule has 0 saturated heterocycles. The van der Waals surface area contributed by atoms with Gasteiger partial charge in [0.25, 0.3) is 0 Å². The largest absolute Gasteiger partial charge is 0.321 e. The van der Waals surface area contributed by atoms with Crippen LogP contribution < -0.4 is 5.73 Å². The van der Waals surface area contributed by atoms with Crippen LogP contribution in [-0.2, 0) is 4.79 Å². The monoisotopic (exact) mass is 165 g/mol. The molecular weight excluding hydrogens is 152 g/mol. The number of Topliss-reactive ketones (excluding diaryl/α,β-unsaturated/α-hetero) is 1. The molecule has 2 N–H and O–H groups in total. The van der Waals surface area contributed by atoms with E-state index in [4.69, 9.17) is 5.73 Å². The van der Waals surface area contributed by atoms with Crippen molar-refractivity contribution in [1.82, 2.24) is 0 Å². The Balaban J connectivity index is 3.83. The first-order chi connectivity index (χ1) is 4.95. The average Bonchev–Trinajstić information content (AvgIpc) is 1.84. The first-order valence-electron chi connectivity index (χ1n) is 3.52. The van der Waals surface area contributed by atoms with Gasteiger partial charge in [-0.1, -0.05) is 13.8 Å². The van der Waals surface area contributed by atoms with Crippen molar-refractivity contribution < 1.29 is 13.6 Å². The van der Waals surface area contributed by atoms with Crippen molar-refractivity contribution in [3.05, 3.63) is 0 Å². The lowest BCUT2D eigenvalue weighted by Crippen LogP contribution is -2.35. The van der Waals surface area contributed by atoms with E-state index >= 15 is 0 Å². The number of halogens is 2. The number of hydrogen-bond acceptors (Lipinski definition) is 2. The van der Waals surface area contributed by atoms with Crippen molar-refractivity contribution >= 4 is 5.78 Å². The molecule has 0 saturated carbocycles. The van der Waals surface area contributed by atoms with E-state index < -0.39 is 18.9 Å². The van der Waals surface area contributed by atoms with Gasteiger partial charge in [0.05, 0.1) is 6.04 Å². The number of alkyl halides is 2. The lowest BCUT2D eigenvalue weighted by Gasteiger charge is -2.11. The highest BCUT2D eigenvalue weighted by molar-refractivity contribution is 5.85. The predicted molar refractivity (Wildman–Crippen MR) is 38.4 cm³/mol. The van der Waals surface area contributed by atoms with E-state index in [0.29, 0.717) is 0 Å². The molecule has 0 aliphatic heterocycles. The van der Waals surface area contributed by atoms with E-state index in [1.807, 2.05) is 0 Å². The molecule has 0 bridgehead atoms. The Bertz CT molecular complexity index is 136. The fraction of sp³-hybridized carbons (Fsp3) is 0.857. The number of rotatable bonds is 4. The summed E-state index contributed by atoms with van der Waals surface area (Å²) >= 11 is 0. The standard InChI is InChI=1S/C7H13F2NO/c1-4(2)7(11)5(10)3-6(8)9/h4-6H,3,10H2,1-2H3/t5-/m0/s1. The summed E-state index contributed by atoms with van der Waals surface area (Å²) in [6.07, 6.45) is -3.02. The van der Waals surface area contributed by atoms with Crippen molar-refractivity contribution in [3.63, 3.8) is 0 Å². The molecule has 0 spiro atoms. The lowest BCUT2D eigenvalue weighted by molar-refractivity contribution is -0.124. The fourth-order valence-electron chi connectivity index (χ4n) is 0.736. The molecule has 0 radical (unpaired) electrons. The highest BCUT2D eigenvalue weighted by atomic mass is 19.3. The zero-order valence-electron chi connectivity index (χ0n) is 6.68. The summed E-state index contributed by atoms with van der Waals surface area (Å²) in [4.78, 5) is 10.9. The van der Waals surface area contributed by atoms with Gasteiger partial charge in [-0.3, -0.25) is 4.79 Å². The maximum atomic E-state index is 11.7. The molecule has 2 nitrogen and oxygen atoms in total. The van der Waals surface area contributed by atoms with E-state index in [-0.39, 0.29) is 11.7 Å². The minimum Gasteiger partial charge on any atom is -0.321 e. The Morgan fingerprint density at radius 2 is 1.91 bits per heavy atom. The first kappa shape index (κ1) is 10.5. The third-order valence-electron chi connectivity index (χ3n) is 1.37. The summed E-state index contributed by atoms with van der Waals surface area (Å²) in [5.41, 5.74) is 5.19. The Morgan fingerprint density at radius 3 is 2.18 bits per heavy atom. The van der Waals surface area contributed by atoms with Gasteiger partial charge in [-0.25, -0.2) is 8.78 Å².